The molecule has 0 aliphatic carbocycles. The van der Waals surface area contributed by atoms with Crippen LogP contribution in [0, 0.1) is 5.92 Å². The van der Waals surface area contributed by atoms with Gasteiger partial charge in [-0.25, -0.2) is 0 Å². The average molecular weight is 334 g/mol. The van der Waals surface area contributed by atoms with Crippen LogP contribution in [0.25, 0.3) is 0 Å². The summed E-state index contributed by atoms with van der Waals surface area (Å²) in [6.07, 6.45) is 2.15. The molecule has 2 rings (SSSR count). The maximum Gasteiger partial charge on any atom is 0.190 e. The molecule has 0 bridgehead atoms. The second-order valence-electron chi connectivity index (χ2n) is 6.24. The van der Waals surface area contributed by atoms with Crippen LogP contribution in [0.1, 0.15) is 12.0 Å². The summed E-state index contributed by atoms with van der Waals surface area (Å²) in [6.45, 7) is 4.15. The maximum absolute atomic E-state index is 5.34. The van der Waals surface area contributed by atoms with Gasteiger partial charge in [0, 0.05) is 26.7 Å². The number of ether oxygens (including phenoxy) is 2. The van der Waals surface area contributed by atoms with Crippen LogP contribution in [0.15, 0.2) is 23.2 Å². The van der Waals surface area contributed by atoms with Gasteiger partial charge < -0.3 is 25.0 Å². The SMILES string of the molecule is CN=C(NCCc1ccc(OC)c(OC)c1)NCC1CCN(C)C1. The van der Waals surface area contributed by atoms with Gasteiger partial charge in [-0.05, 0) is 50.0 Å². The van der Waals surface area contributed by atoms with E-state index in [9.17, 15) is 0 Å². The lowest BCUT2D eigenvalue weighted by Gasteiger charge is -2.16. The topological polar surface area (TPSA) is 58.1 Å². The number of methoxy groups -OCH3 is 2. The molecular formula is C18H30N4O2. The molecule has 0 spiro atoms. The summed E-state index contributed by atoms with van der Waals surface area (Å²) in [5, 5.41) is 6.80. The van der Waals surface area contributed by atoms with Crippen LogP contribution in [-0.4, -0.2) is 65.4 Å². The van der Waals surface area contributed by atoms with E-state index in [4.69, 9.17) is 9.47 Å². The first kappa shape index (κ1) is 18.4. The highest BCUT2D eigenvalue weighted by Gasteiger charge is 2.19. The average Bonchev–Trinajstić information content (AvgIpc) is 3.03. The molecule has 0 aromatic heterocycles. The molecule has 1 aliphatic rings. The largest absolute Gasteiger partial charge is 0.493 e. The van der Waals surface area contributed by atoms with Gasteiger partial charge in [0.05, 0.1) is 14.2 Å². The van der Waals surface area contributed by atoms with Crippen molar-refractivity contribution in [1.29, 1.82) is 0 Å². The van der Waals surface area contributed by atoms with Crippen LogP contribution in [0.5, 0.6) is 11.5 Å². The number of nitrogens with zero attached hydrogens (tertiary/aromatic N) is 2. The lowest BCUT2D eigenvalue weighted by atomic mass is 10.1. The Kier molecular flexibility index (Phi) is 7.18. The summed E-state index contributed by atoms with van der Waals surface area (Å²) in [7, 11) is 7.30. The van der Waals surface area contributed by atoms with E-state index in [0.717, 1.165) is 43.5 Å². The Bertz CT molecular complexity index is 548. The number of rotatable bonds is 7. The number of aliphatic imine (C=N–C) groups is 1. The molecule has 24 heavy (non-hydrogen) atoms. The van der Waals surface area contributed by atoms with Gasteiger partial charge in [0.15, 0.2) is 17.5 Å². The van der Waals surface area contributed by atoms with Crippen LogP contribution >= 0.6 is 0 Å². The smallest absolute Gasteiger partial charge is 0.190 e. The molecule has 0 saturated carbocycles. The Balaban J connectivity index is 1.75. The minimum absolute atomic E-state index is 0.708. The number of guanidine groups is 1. The summed E-state index contributed by atoms with van der Waals surface area (Å²) in [6, 6.07) is 6.02. The van der Waals surface area contributed by atoms with Crippen LogP contribution in [-0.2, 0) is 6.42 Å². The van der Waals surface area contributed by atoms with Crippen molar-refractivity contribution in [3.05, 3.63) is 23.8 Å². The molecule has 1 fully saturated rings. The second kappa shape index (κ2) is 9.37. The third-order valence-corrected chi connectivity index (χ3v) is 4.42. The Morgan fingerprint density at radius 2 is 2.04 bits per heavy atom. The Labute approximate surface area is 145 Å². The summed E-state index contributed by atoms with van der Waals surface area (Å²) < 4.78 is 10.6. The van der Waals surface area contributed by atoms with Crippen molar-refractivity contribution in [2.75, 3.05) is 54.5 Å². The first-order chi connectivity index (χ1) is 11.7. The second-order valence-corrected chi connectivity index (χ2v) is 6.24. The van der Waals surface area contributed by atoms with Gasteiger partial charge in [-0.3, -0.25) is 4.99 Å². The van der Waals surface area contributed by atoms with Gasteiger partial charge in [0.25, 0.3) is 0 Å². The van der Waals surface area contributed by atoms with Crippen LogP contribution in [0.2, 0.25) is 0 Å². The quantitative estimate of drug-likeness (QED) is 0.582. The molecule has 1 saturated heterocycles. The van der Waals surface area contributed by atoms with Gasteiger partial charge >= 0.3 is 0 Å². The van der Waals surface area contributed by atoms with E-state index in [1.165, 1.54) is 18.5 Å². The van der Waals surface area contributed by atoms with Crippen molar-refractivity contribution < 1.29 is 9.47 Å². The van der Waals surface area contributed by atoms with E-state index in [-0.39, 0.29) is 0 Å². The van der Waals surface area contributed by atoms with E-state index >= 15 is 0 Å². The summed E-state index contributed by atoms with van der Waals surface area (Å²) in [5.74, 6) is 3.10. The van der Waals surface area contributed by atoms with Gasteiger partial charge in [-0.1, -0.05) is 6.07 Å². The molecule has 1 aromatic carbocycles. The zero-order valence-corrected chi connectivity index (χ0v) is 15.3. The monoisotopic (exact) mass is 334 g/mol. The van der Waals surface area contributed by atoms with Gasteiger partial charge in [-0.2, -0.15) is 0 Å². The predicted octanol–water partition coefficient (Wildman–Crippen LogP) is 1.36. The van der Waals surface area contributed by atoms with Crippen LogP contribution < -0.4 is 20.1 Å². The van der Waals surface area contributed by atoms with Gasteiger partial charge in [0.1, 0.15) is 0 Å². The van der Waals surface area contributed by atoms with Crippen molar-refractivity contribution in [2.24, 2.45) is 10.9 Å². The number of hydrogen-bond acceptors (Lipinski definition) is 4. The minimum atomic E-state index is 0.708. The molecule has 2 N–H and O–H groups in total. The molecule has 0 radical (unpaired) electrons. The van der Waals surface area contributed by atoms with Gasteiger partial charge in [-0.15, -0.1) is 0 Å². The van der Waals surface area contributed by atoms with E-state index < -0.39 is 0 Å². The molecule has 134 valence electrons. The zero-order valence-electron chi connectivity index (χ0n) is 15.3. The summed E-state index contributed by atoms with van der Waals surface area (Å²) >= 11 is 0. The molecule has 1 aliphatic heterocycles. The third-order valence-electron chi connectivity index (χ3n) is 4.42. The molecule has 1 aromatic rings. The molecule has 6 nitrogen and oxygen atoms in total. The number of benzene rings is 1. The highest BCUT2D eigenvalue weighted by molar-refractivity contribution is 5.79. The third kappa shape index (κ3) is 5.30. The van der Waals surface area contributed by atoms with Crippen molar-refractivity contribution in [3.63, 3.8) is 0 Å². The Hall–Kier alpha value is -1.95. The number of nitrogens with one attached hydrogen (secondary N) is 2. The molecule has 1 unspecified atom stereocenters. The maximum atomic E-state index is 5.34. The fraction of sp³-hybridized carbons (Fsp3) is 0.611. The number of likely N-dealkylation sites (tertiary alicyclic amines) is 1. The lowest BCUT2D eigenvalue weighted by molar-refractivity contribution is 0.354. The minimum Gasteiger partial charge on any atom is -0.493 e. The van der Waals surface area contributed by atoms with Gasteiger partial charge in [0.2, 0.25) is 0 Å². The Morgan fingerprint density at radius 1 is 1.25 bits per heavy atom. The highest BCUT2D eigenvalue weighted by Crippen LogP contribution is 2.27. The molecule has 1 atom stereocenters. The molecule has 1 heterocycles. The molecule has 6 heteroatoms. The van der Waals surface area contributed by atoms with E-state index in [1.807, 2.05) is 19.2 Å². The fourth-order valence-electron chi connectivity index (χ4n) is 3.02. The van der Waals surface area contributed by atoms with E-state index in [1.54, 1.807) is 14.2 Å². The van der Waals surface area contributed by atoms with Crippen molar-refractivity contribution in [2.45, 2.75) is 12.8 Å². The standard InChI is InChI=1S/C18H30N4O2/c1-19-18(21-12-15-8-10-22(2)13-15)20-9-7-14-5-6-16(23-3)17(11-14)24-4/h5-6,11,15H,7-10,12-13H2,1-4H3,(H2,19,20,21). The van der Waals surface area contributed by atoms with E-state index in [2.05, 4.69) is 33.6 Å². The summed E-state index contributed by atoms with van der Waals surface area (Å²) in [4.78, 5) is 6.67. The van der Waals surface area contributed by atoms with Crippen LogP contribution in [0.3, 0.4) is 0 Å². The molecule has 0 amide bonds. The van der Waals surface area contributed by atoms with Crippen LogP contribution in [0.4, 0.5) is 0 Å². The first-order valence-corrected chi connectivity index (χ1v) is 8.50. The zero-order chi connectivity index (χ0) is 17.4. The van der Waals surface area contributed by atoms with Crippen molar-refractivity contribution in [1.82, 2.24) is 15.5 Å². The summed E-state index contributed by atoms with van der Waals surface area (Å²) in [5.41, 5.74) is 1.20. The van der Waals surface area contributed by atoms with Crippen molar-refractivity contribution >= 4 is 5.96 Å². The lowest BCUT2D eigenvalue weighted by Crippen LogP contribution is -2.41. The Morgan fingerprint density at radius 3 is 2.67 bits per heavy atom. The molecular weight excluding hydrogens is 304 g/mol. The predicted molar refractivity (Wildman–Crippen MR) is 98.2 cm³/mol. The van der Waals surface area contributed by atoms with Crippen molar-refractivity contribution in [3.8, 4) is 11.5 Å². The van der Waals surface area contributed by atoms with E-state index in [0.29, 0.717) is 5.92 Å². The number of hydrogen-bond donors (Lipinski definition) is 2. The fourth-order valence-corrected chi connectivity index (χ4v) is 3.02. The highest BCUT2D eigenvalue weighted by atomic mass is 16.5. The first-order valence-electron chi connectivity index (χ1n) is 8.50. The normalized spacial score (nSPS) is 18.5.